The van der Waals surface area contributed by atoms with Gasteiger partial charge >= 0.3 is 5.97 Å². The van der Waals surface area contributed by atoms with Crippen molar-refractivity contribution in [3.8, 4) is 0 Å². The van der Waals surface area contributed by atoms with Crippen LogP contribution in [0.4, 0.5) is 0 Å². The maximum Gasteiger partial charge on any atom is 0.303 e. The van der Waals surface area contributed by atoms with Crippen molar-refractivity contribution in [1.29, 1.82) is 0 Å². The number of hydrogen-bond acceptors (Lipinski definition) is 4. The van der Waals surface area contributed by atoms with Gasteiger partial charge in [-0.15, -0.1) is 0 Å². The van der Waals surface area contributed by atoms with E-state index in [2.05, 4.69) is 31.9 Å². The van der Waals surface area contributed by atoms with Gasteiger partial charge in [0.2, 0.25) is 0 Å². The Bertz CT molecular complexity index is 300. The highest BCUT2D eigenvalue weighted by molar-refractivity contribution is 9.12. The van der Waals surface area contributed by atoms with Gasteiger partial charge < -0.3 is 9.84 Å². The molecule has 0 aromatic carbocycles. The second kappa shape index (κ2) is 4.55. The van der Waals surface area contributed by atoms with Crippen molar-refractivity contribution in [3.63, 3.8) is 0 Å². The number of ether oxygens (including phenoxy) is 1. The number of halogens is 2. The highest BCUT2D eigenvalue weighted by atomic mass is 79.9. The number of ketones is 1. The molecule has 4 nitrogen and oxygen atoms in total. The summed E-state index contributed by atoms with van der Waals surface area (Å²) in [6.07, 6.45) is -0.455. The van der Waals surface area contributed by atoms with Crippen LogP contribution in [0.1, 0.15) is 6.92 Å². The topological polar surface area (TPSA) is 63.6 Å². The standard InChI is InChI=1S/C8H8Br2O4/c1-3(11)14-5-2-4(9)7(12)6(10)8(5)13/h2,5-6,8,13H,1H3/t5-,6-,8-/m1/s1. The molecule has 1 N–H and O–H groups in total. The van der Waals surface area contributed by atoms with Gasteiger partial charge in [0.05, 0.1) is 4.48 Å². The fourth-order valence-electron chi connectivity index (χ4n) is 1.07. The van der Waals surface area contributed by atoms with Crippen molar-refractivity contribution in [2.45, 2.75) is 24.0 Å². The molecular formula is C8H8Br2O4. The molecule has 0 fully saturated rings. The molecule has 3 atom stereocenters. The fourth-order valence-corrected chi connectivity index (χ4v) is 2.44. The second-order valence-corrected chi connectivity index (χ2v) is 4.69. The van der Waals surface area contributed by atoms with Crippen LogP contribution in [0.15, 0.2) is 10.6 Å². The van der Waals surface area contributed by atoms with Gasteiger partial charge in [-0.2, -0.15) is 0 Å². The molecular weight excluding hydrogens is 320 g/mol. The molecule has 0 aliphatic heterocycles. The lowest BCUT2D eigenvalue weighted by molar-refractivity contribution is -0.150. The van der Waals surface area contributed by atoms with Crippen molar-refractivity contribution < 1.29 is 19.4 Å². The van der Waals surface area contributed by atoms with Crippen molar-refractivity contribution in [2.75, 3.05) is 0 Å². The lowest BCUT2D eigenvalue weighted by Gasteiger charge is -2.27. The number of carbonyl (C=O) groups excluding carboxylic acids is 2. The molecule has 0 heterocycles. The lowest BCUT2D eigenvalue weighted by Crippen LogP contribution is -2.43. The Balaban J connectivity index is 2.87. The van der Waals surface area contributed by atoms with Crippen molar-refractivity contribution in [2.24, 2.45) is 0 Å². The third-order valence-corrected chi connectivity index (χ3v) is 3.35. The first-order valence-corrected chi connectivity index (χ1v) is 5.55. The molecule has 1 aliphatic carbocycles. The zero-order valence-corrected chi connectivity index (χ0v) is 10.4. The first kappa shape index (κ1) is 11.9. The Morgan fingerprint density at radius 3 is 2.71 bits per heavy atom. The van der Waals surface area contributed by atoms with Crippen LogP contribution in [0, 0.1) is 0 Å². The summed E-state index contributed by atoms with van der Waals surface area (Å²) < 4.78 is 5.12. The van der Waals surface area contributed by atoms with Crippen LogP contribution in [-0.4, -0.2) is 33.9 Å². The van der Waals surface area contributed by atoms with E-state index in [-0.39, 0.29) is 5.78 Å². The van der Waals surface area contributed by atoms with E-state index in [1.165, 1.54) is 13.0 Å². The SMILES string of the molecule is CC(=O)O[C@@H]1C=C(Br)C(=O)[C@@H](Br)[C@@H]1O. The number of aliphatic hydroxyl groups is 1. The largest absolute Gasteiger partial charge is 0.455 e. The van der Waals surface area contributed by atoms with Gasteiger partial charge in [0.15, 0.2) is 5.78 Å². The van der Waals surface area contributed by atoms with Gasteiger partial charge in [0.25, 0.3) is 0 Å². The Labute approximate surface area is 97.6 Å². The van der Waals surface area contributed by atoms with Crippen LogP contribution >= 0.6 is 31.9 Å². The van der Waals surface area contributed by atoms with Crippen LogP contribution < -0.4 is 0 Å². The van der Waals surface area contributed by atoms with Crippen molar-refractivity contribution in [1.82, 2.24) is 0 Å². The predicted molar refractivity (Wildman–Crippen MR) is 56.3 cm³/mol. The smallest absolute Gasteiger partial charge is 0.303 e. The number of allylic oxidation sites excluding steroid dienone is 1. The molecule has 0 amide bonds. The molecule has 0 aromatic rings. The van der Waals surface area contributed by atoms with E-state index in [0.717, 1.165) is 0 Å². The van der Waals surface area contributed by atoms with E-state index in [9.17, 15) is 14.7 Å². The molecule has 1 aliphatic rings. The maximum atomic E-state index is 11.3. The summed E-state index contributed by atoms with van der Waals surface area (Å²) in [5, 5.41) is 9.56. The van der Waals surface area contributed by atoms with E-state index in [1.807, 2.05) is 0 Å². The summed E-state index contributed by atoms with van der Waals surface area (Å²) in [6, 6.07) is 0. The average molecular weight is 328 g/mol. The summed E-state index contributed by atoms with van der Waals surface area (Å²) in [5.41, 5.74) is 0. The van der Waals surface area contributed by atoms with Gasteiger partial charge in [-0.3, -0.25) is 9.59 Å². The quantitative estimate of drug-likeness (QED) is 0.574. The van der Waals surface area contributed by atoms with Crippen LogP contribution in [-0.2, 0) is 14.3 Å². The predicted octanol–water partition coefficient (Wildman–Crippen LogP) is 0.904. The Hall–Kier alpha value is -0.200. The minimum absolute atomic E-state index is 0.263. The molecule has 6 heteroatoms. The minimum Gasteiger partial charge on any atom is -0.455 e. The number of hydrogen-bond donors (Lipinski definition) is 1. The summed E-state index contributed by atoms with van der Waals surface area (Å²) in [5.74, 6) is -0.763. The van der Waals surface area contributed by atoms with E-state index in [0.29, 0.717) is 4.48 Å². The molecule has 0 saturated carbocycles. The van der Waals surface area contributed by atoms with Crippen LogP contribution in [0.3, 0.4) is 0 Å². The van der Waals surface area contributed by atoms with E-state index in [1.54, 1.807) is 0 Å². The number of esters is 1. The highest BCUT2D eigenvalue weighted by Gasteiger charge is 2.37. The van der Waals surface area contributed by atoms with Crippen LogP contribution in [0.25, 0.3) is 0 Å². The molecule has 0 aromatic heterocycles. The van der Waals surface area contributed by atoms with Crippen molar-refractivity contribution >= 4 is 43.6 Å². The minimum atomic E-state index is -1.05. The summed E-state index contributed by atoms with van der Waals surface area (Å²) >= 11 is 6.06. The Kier molecular flexibility index (Phi) is 3.86. The maximum absolute atomic E-state index is 11.3. The normalized spacial score (nSPS) is 32.4. The van der Waals surface area contributed by atoms with Crippen molar-refractivity contribution in [3.05, 3.63) is 10.6 Å². The third-order valence-electron chi connectivity index (χ3n) is 1.73. The van der Waals surface area contributed by atoms with E-state index in [4.69, 9.17) is 4.74 Å². The number of rotatable bonds is 1. The van der Waals surface area contributed by atoms with Gasteiger partial charge in [-0.25, -0.2) is 0 Å². The van der Waals surface area contributed by atoms with Gasteiger partial charge in [0.1, 0.15) is 17.0 Å². The molecule has 0 saturated heterocycles. The van der Waals surface area contributed by atoms with Gasteiger partial charge in [0, 0.05) is 6.92 Å². The zero-order chi connectivity index (χ0) is 10.9. The number of aliphatic hydroxyl groups excluding tert-OH is 1. The molecule has 14 heavy (non-hydrogen) atoms. The monoisotopic (exact) mass is 326 g/mol. The highest BCUT2D eigenvalue weighted by Crippen LogP contribution is 2.27. The average Bonchev–Trinajstić information content (AvgIpc) is 2.10. The van der Waals surface area contributed by atoms with E-state index >= 15 is 0 Å². The molecule has 78 valence electrons. The number of carbonyl (C=O) groups is 2. The Morgan fingerprint density at radius 2 is 2.21 bits per heavy atom. The molecule has 0 unspecified atom stereocenters. The Morgan fingerprint density at radius 1 is 1.64 bits per heavy atom. The number of alkyl halides is 1. The summed E-state index contributed by atoms with van der Waals surface area (Å²) in [7, 11) is 0. The first-order chi connectivity index (χ1) is 6.43. The van der Waals surface area contributed by atoms with Gasteiger partial charge in [-0.1, -0.05) is 15.9 Å². The van der Waals surface area contributed by atoms with Crippen LogP contribution in [0.5, 0.6) is 0 Å². The van der Waals surface area contributed by atoms with E-state index < -0.39 is 23.0 Å². The number of Topliss-reactive ketones (excluding diaryl/α,β-unsaturated/α-hetero) is 1. The second-order valence-electron chi connectivity index (χ2n) is 2.85. The molecule has 0 bridgehead atoms. The molecule has 0 spiro atoms. The molecule has 0 radical (unpaired) electrons. The summed E-state index contributed by atoms with van der Waals surface area (Å²) in [6.45, 7) is 1.24. The zero-order valence-electron chi connectivity index (χ0n) is 7.24. The van der Waals surface area contributed by atoms with Gasteiger partial charge in [-0.05, 0) is 22.0 Å². The fraction of sp³-hybridized carbons (Fsp3) is 0.500. The summed E-state index contributed by atoms with van der Waals surface area (Å²) in [4.78, 5) is 21.2. The van der Waals surface area contributed by atoms with Crippen LogP contribution in [0.2, 0.25) is 0 Å². The molecule has 1 rings (SSSR count). The third kappa shape index (κ3) is 2.43. The lowest BCUT2D eigenvalue weighted by atomic mass is 10.0. The first-order valence-electron chi connectivity index (χ1n) is 3.84.